The molecule has 5 heteroatoms. The van der Waals surface area contributed by atoms with Gasteiger partial charge in [-0.25, -0.2) is 4.98 Å². The van der Waals surface area contributed by atoms with Gasteiger partial charge in [-0.15, -0.1) is 0 Å². The van der Waals surface area contributed by atoms with E-state index >= 15 is 0 Å². The topological polar surface area (TPSA) is 32.3 Å². The fourth-order valence-electron chi connectivity index (χ4n) is 3.24. The van der Waals surface area contributed by atoms with Crippen molar-refractivity contribution < 1.29 is 0 Å². The number of halogens is 1. The van der Waals surface area contributed by atoms with E-state index in [1.165, 1.54) is 5.56 Å². The molecule has 0 unspecified atom stereocenters. The zero-order chi connectivity index (χ0) is 16.4. The second kappa shape index (κ2) is 6.75. The van der Waals surface area contributed by atoms with Gasteiger partial charge in [0.1, 0.15) is 5.82 Å². The van der Waals surface area contributed by atoms with E-state index in [-0.39, 0.29) is 0 Å². The van der Waals surface area contributed by atoms with Gasteiger partial charge in [0.15, 0.2) is 0 Å². The highest BCUT2D eigenvalue weighted by Crippen LogP contribution is 2.26. The van der Waals surface area contributed by atoms with E-state index in [2.05, 4.69) is 31.9 Å². The minimum atomic E-state index is 0.766. The summed E-state index contributed by atoms with van der Waals surface area (Å²) in [5.41, 5.74) is 2.25. The van der Waals surface area contributed by atoms with E-state index in [1.54, 1.807) is 0 Å². The quantitative estimate of drug-likeness (QED) is 0.730. The summed E-state index contributed by atoms with van der Waals surface area (Å²) in [6, 6.07) is 14.1. The zero-order valence-corrected chi connectivity index (χ0v) is 14.2. The Bertz CT molecular complexity index is 829. The van der Waals surface area contributed by atoms with Crippen LogP contribution in [0.15, 0.2) is 54.9 Å². The average molecular weight is 339 g/mol. The van der Waals surface area contributed by atoms with Crippen molar-refractivity contribution in [2.75, 3.05) is 31.1 Å². The molecule has 24 heavy (non-hydrogen) atoms. The van der Waals surface area contributed by atoms with Crippen molar-refractivity contribution in [2.45, 2.75) is 6.54 Å². The van der Waals surface area contributed by atoms with Gasteiger partial charge in [0.25, 0.3) is 0 Å². The normalized spacial score (nSPS) is 15.8. The molecule has 1 saturated heterocycles. The van der Waals surface area contributed by atoms with Crippen LogP contribution in [-0.2, 0) is 6.54 Å². The van der Waals surface area contributed by atoms with Crippen molar-refractivity contribution in [3.05, 3.63) is 65.4 Å². The van der Waals surface area contributed by atoms with Crippen LogP contribution in [0.2, 0.25) is 5.02 Å². The zero-order valence-electron chi connectivity index (χ0n) is 13.4. The molecule has 3 heterocycles. The molecule has 122 valence electrons. The lowest BCUT2D eigenvalue weighted by molar-refractivity contribution is 0.250. The third kappa shape index (κ3) is 3.07. The first-order chi connectivity index (χ1) is 11.8. The number of aromatic nitrogens is 2. The van der Waals surface area contributed by atoms with Crippen molar-refractivity contribution in [3.8, 4) is 0 Å². The smallest absolute Gasteiger partial charge is 0.128 e. The number of nitrogens with zero attached hydrogens (tertiary/aromatic N) is 4. The Balaban J connectivity index is 1.47. The second-order valence-electron chi connectivity index (χ2n) is 6.06. The number of piperazine rings is 1. The highest BCUT2D eigenvalue weighted by Gasteiger charge is 2.19. The van der Waals surface area contributed by atoms with Crippen LogP contribution < -0.4 is 4.90 Å². The summed E-state index contributed by atoms with van der Waals surface area (Å²) in [6.07, 6.45) is 3.69. The van der Waals surface area contributed by atoms with Crippen LogP contribution >= 0.6 is 11.6 Å². The molecule has 0 bridgehead atoms. The second-order valence-corrected chi connectivity index (χ2v) is 6.46. The fourth-order valence-corrected chi connectivity index (χ4v) is 3.46. The maximum Gasteiger partial charge on any atom is 0.128 e. The fraction of sp³-hybridized carbons (Fsp3) is 0.263. The first-order valence-electron chi connectivity index (χ1n) is 8.22. The maximum absolute atomic E-state index is 6.29. The number of hydrogen-bond donors (Lipinski definition) is 0. The predicted molar refractivity (Wildman–Crippen MR) is 98.5 cm³/mol. The highest BCUT2D eigenvalue weighted by molar-refractivity contribution is 6.35. The van der Waals surface area contributed by atoms with Gasteiger partial charge in [-0.1, -0.05) is 23.7 Å². The number of pyridine rings is 2. The molecule has 0 spiro atoms. The van der Waals surface area contributed by atoms with Crippen molar-refractivity contribution >= 4 is 28.3 Å². The molecule has 1 fully saturated rings. The molecule has 0 saturated carbocycles. The van der Waals surface area contributed by atoms with E-state index in [4.69, 9.17) is 11.6 Å². The summed E-state index contributed by atoms with van der Waals surface area (Å²) in [4.78, 5) is 13.8. The average Bonchev–Trinajstić information content (AvgIpc) is 2.66. The summed E-state index contributed by atoms with van der Waals surface area (Å²) < 4.78 is 0. The van der Waals surface area contributed by atoms with Crippen molar-refractivity contribution in [3.63, 3.8) is 0 Å². The van der Waals surface area contributed by atoms with Gasteiger partial charge in [0, 0.05) is 55.5 Å². The van der Waals surface area contributed by atoms with Crippen LogP contribution in [0.5, 0.6) is 0 Å². The molecule has 2 aromatic heterocycles. The van der Waals surface area contributed by atoms with E-state index < -0.39 is 0 Å². The van der Waals surface area contributed by atoms with Crippen LogP contribution in [0.1, 0.15) is 5.56 Å². The van der Waals surface area contributed by atoms with Crippen LogP contribution in [0.3, 0.4) is 0 Å². The van der Waals surface area contributed by atoms with Gasteiger partial charge in [0.2, 0.25) is 0 Å². The van der Waals surface area contributed by atoms with Crippen LogP contribution in [-0.4, -0.2) is 41.0 Å². The predicted octanol–water partition coefficient (Wildman–Crippen LogP) is 3.61. The van der Waals surface area contributed by atoms with Crippen LogP contribution in [0, 0.1) is 0 Å². The van der Waals surface area contributed by atoms with Gasteiger partial charge >= 0.3 is 0 Å². The molecule has 1 aromatic carbocycles. The molecule has 3 aromatic rings. The Morgan fingerprint density at radius 3 is 2.50 bits per heavy atom. The molecule has 0 N–H and O–H groups in total. The third-order valence-corrected chi connectivity index (χ3v) is 4.87. The van der Waals surface area contributed by atoms with E-state index in [9.17, 15) is 0 Å². The van der Waals surface area contributed by atoms with E-state index in [1.807, 2.05) is 42.7 Å². The van der Waals surface area contributed by atoms with Gasteiger partial charge in [-0.3, -0.25) is 9.88 Å². The molecular formula is C19H19ClN4. The molecule has 4 rings (SSSR count). The largest absolute Gasteiger partial charge is 0.354 e. The summed E-state index contributed by atoms with van der Waals surface area (Å²) in [6.45, 7) is 4.94. The summed E-state index contributed by atoms with van der Waals surface area (Å²) in [5.74, 6) is 1.07. The van der Waals surface area contributed by atoms with Gasteiger partial charge in [-0.05, 0) is 35.9 Å². The summed E-state index contributed by atoms with van der Waals surface area (Å²) >= 11 is 6.29. The number of hydrogen-bond acceptors (Lipinski definition) is 4. The van der Waals surface area contributed by atoms with Crippen molar-refractivity contribution in [2.24, 2.45) is 0 Å². The van der Waals surface area contributed by atoms with Crippen LogP contribution in [0.25, 0.3) is 10.9 Å². The SMILES string of the molecule is Clc1ccc(CN2CCN(c3ccccn3)CC2)c2ncccc12. The summed E-state index contributed by atoms with van der Waals surface area (Å²) in [5, 5.41) is 1.80. The van der Waals surface area contributed by atoms with Crippen LogP contribution in [0.4, 0.5) is 5.82 Å². The number of fused-ring (bicyclic) bond motifs is 1. The maximum atomic E-state index is 6.29. The Labute approximate surface area is 146 Å². The number of rotatable bonds is 3. The lowest BCUT2D eigenvalue weighted by Gasteiger charge is -2.35. The van der Waals surface area contributed by atoms with Crippen molar-refractivity contribution in [1.82, 2.24) is 14.9 Å². The Morgan fingerprint density at radius 2 is 1.71 bits per heavy atom. The Kier molecular flexibility index (Phi) is 4.32. The minimum Gasteiger partial charge on any atom is -0.354 e. The molecule has 0 aliphatic carbocycles. The first kappa shape index (κ1) is 15.4. The monoisotopic (exact) mass is 338 g/mol. The Morgan fingerprint density at radius 1 is 0.875 bits per heavy atom. The standard InChI is InChI=1S/C19H19ClN4/c20-17-7-6-15(19-16(17)4-3-9-22-19)14-23-10-12-24(13-11-23)18-5-1-2-8-21-18/h1-9H,10-14H2. The third-order valence-electron chi connectivity index (χ3n) is 4.54. The van der Waals surface area contributed by atoms with Gasteiger partial charge < -0.3 is 4.90 Å². The number of benzene rings is 1. The van der Waals surface area contributed by atoms with Gasteiger partial charge in [0.05, 0.1) is 5.52 Å². The van der Waals surface area contributed by atoms with Crippen molar-refractivity contribution in [1.29, 1.82) is 0 Å². The highest BCUT2D eigenvalue weighted by atomic mass is 35.5. The molecule has 0 radical (unpaired) electrons. The lowest BCUT2D eigenvalue weighted by atomic mass is 10.1. The minimum absolute atomic E-state index is 0.766. The molecule has 1 aliphatic heterocycles. The summed E-state index contributed by atoms with van der Waals surface area (Å²) in [7, 11) is 0. The molecule has 0 atom stereocenters. The molecule has 0 amide bonds. The number of anilines is 1. The molecule has 1 aliphatic rings. The molecular weight excluding hydrogens is 320 g/mol. The molecule has 4 nitrogen and oxygen atoms in total. The van der Waals surface area contributed by atoms with Gasteiger partial charge in [-0.2, -0.15) is 0 Å². The first-order valence-corrected chi connectivity index (χ1v) is 8.59. The van der Waals surface area contributed by atoms with E-state index in [0.29, 0.717) is 0 Å². The van der Waals surface area contributed by atoms with E-state index in [0.717, 1.165) is 54.5 Å². The Hall–Kier alpha value is -2.17. The lowest BCUT2D eigenvalue weighted by Crippen LogP contribution is -2.46.